The molecular weight excluding hydrogens is 299 g/mol. The fourth-order valence-electron chi connectivity index (χ4n) is 1.29. The molecule has 0 aliphatic rings. The second kappa shape index (κ2) is 4.96. The molecule has 1 rings (SSSR count). The van der Waals surface area contributed by atoms with Crippen molar-refractivity contribution in [3.63, 3.8) is 0 Å². The topological polar surface area (TPSA) is 24.4 Å². The maximum absolute atomic E-state index is 4.55. The van der Waals surface area contributed by atoms with E-state index in [1.165, 1.54) is 3.57 Å². The van der Waals surface area contributed by atoms with Crippen LogP contribution >= 0.6 is 22.6 Å². The molecule has 0 bridgehead atoms. The van der Waals surface area contributed by atoms with Crippen molar-refractivity contribution in [1.82, 2.24) is 0 Å². The van der Waals surface area contributed by atoms with Gasteiger partial charge in [-0.25, -0.2) is 0 Å². The van der Waals surface area contributed by atoms with Gasteiger partial charge in [-0.2, -0.15) is 0 Å². The minimum absolute atomic E-state index is 0.0305. The van der Waals surface area contributed by atoms with Crippen molar-refractivity contribution in [3.05, 3.63) is 27.8 Å². The van der Waals surface area contributed by atoms with Crippen LogP contribution < -0.4 is 5.32 Å². The first-order chi connectivity index (χ1) is 6.88. The highest BCUT2D eigenvalue weighted by atomic mass is 127. The summed E-state index contributed by atoms with van der Waals surface area (Å²) in [5, 5.41) is 3.31. The molecule has 2 nitrogen and oxygen atoms in total. The third kappa shape index (κ3) is 4.64. The van der Waals surface area contributed by atoms with Gasteiger partial charge in [0.2, 0.25) is 0 Å². The van der Waals surface area contributed by atoms with Crippen LogP contribution in [0.15, 0.2) is 29.3 Å². The van der Waals surface area contributed by atoms with Gasteiger partial charge < -0.3 is 5.32 Å². The van der Waals surface area contributed by atoms with Gasteiger partial charge in [0.05, 0.1) is 17.1 Å². The zero-order chi connectivity index (χ0) is 11.5. The first-order valence-electron chi connectivity index (χ1n) is 4.96. The lowest BCUT2D eigenvalue weighted by Gasteiger charge is -2.15. The minimum atomic E-state index is -0.0305. The summed E-state index contributed by atoms with van der Waals surface area (Å²) in [6, 6.07) is 8.19. The van der Waals surface area contributed by atoms with Crippen LogP contribution in [0.2, 0.25) is 0 Å². The molecule has 0 aliphatic heterocycles. The Hall–Kier alpha value is -0.580. The van der Waals surface area contributed by atoms with Crippen LogP contribution in [-0.4, -0.2) is 11.4 Å². The van der Waals surface area contributed by atoms with E-state index < -0.39 is 0 Å². The van der Waals surface area contributed by atoms with E-state index in [4.69, 9.17) is 0 Å². The molecule has 0 unspecified atom stereocenters. The molecule has 1 aromatic rings. The van der Waals surface area contributed by atoms with E-state index in [2.05, 4.69) is 65.8 Å². The Labute approximate surface area is 105 Å². The molecule has 82 valence electrons. The van der Waals surface area contributed by atoms with Crippen molar-refractivity contribution < 1.29 is 0 Å². The molecule has 0 radical (unpaired) electrons. The summed E-state index contributed by atoms with van der Waals surface area (Å²) in [5.74, 6) is 0.951. The van der Waals surface area contributed by atoms with Crippen LogP contribution in [0.3, 0.4) is 0 Å². The highest BCUT2D eigenvalue weighted by Gasteiger charge is 2.07. The molecule has 0 saturated heterocycles. The van der Waals surface area contributed by atoms with Gasteiger partial charge in [0, 0.05) is 3.57 Å². The van der Waals surface area contributed by atoms with Gasteiger partial charge in [-0.1, -0.05) is 12.1 Å². The molecule has 0 aromatic heterocycles. The van der Waals surface area contributed by atoms with Gasteiger partial charge in [-0.15, -0.1) is 0 Å². The molecule has 0 atom stereocenters. The van der Waals surface area contributed by atoms with Crippen molar-refractivity contribution >= 4 is 34.1 Å². The second-order valence-corrected chi connectivity index (χ2v) is 5.64. The Morgan fingerprint density at radius 1 is 1.27 bits per heavy atom. The Morgan fingerprint density at radius 2 is 1.87 bits per heavy atom. The van der Waals surface area contributed by atoms with Crippen molar-refractivity contribution in [1.29, 1.82) is 0 Å². The molecule has 0 amide bonds. The van der Waals surface area contributed by atoms with E-state index in [-0.39, 0.29) is 5.54 Å². The Morgan fingerprint density at radius 3 is 2.40 bits per heavy atom. The number of nitrogens with one attached hydrogen (secondary N) is 1. The van der Waals surface area contributed by atoms with Crippen LogP contribution in [0, 0.1) is 3.57 Å². The molecule has 1 N–H and O–H groups in total. The monoisotopic (exact) mass is 316 g/mol. The molecule has 0 fully saturated rings. The Balaban J connectivity index is 2.79. The quantitative estimate of drug-likeness (QED) is 0.474. The number of para-hydroxylation sites is 1. The lowest BCUT2D eigenvalue weighted by Crippen LogP contribution is -2.17. The van der Waals surface area contributed by atoms with Crippen LogP contribution in [0.1, 0.15) is 27.7 Å². The van der Waals surface area contributed by atoms with Crippen LogP contribution in [0.5, 0.6) is 0 Å². The minimum Gasteiger partial charge on any atom is -0.343 e. The van der Waals surface area contributed by atoms with E-state index in [1.54, 1.807) is 0 Å². The first-order valence-corrected chi connectivity index (χ1v) is 6.04. The summed E-state index contributed by atoms with van der Waals surface area (Å²) in [7, 11) is 0. The van der Waals surface area contributed by atoms with Gasteiger partial charge in [-0.3, -0.25) is 4.99 Å². The van der Waals surface area contributed by atoms with Gasteiger partial charge in [0.15, 0.2) is 0 Å². The summed E-state index contributed by atoms with van der Waals surface area (Å²) in [4.78, 5) is 4.55. The van der Waals surface area contributed by atoms with E-state index in [9.17, 15) is 0 Å². The lowest BCUT2D eigenvalue weighted by molar-refractivity contribution is 0.583. The SMILES string of the molecule is C/C(=N\C(C)(C)C)Nc1ccccc1I. The molecular formula is C12H17IN2. The number of hydrogen-bond acceptors (Lipinski definition) is 1. The third-order valence-corrected chi connectivity index (χ3v) is 2.63. The average molecular weight is 316 g/mol. The Kier molecular flexibility index (Phi) is 4.13. The van der Waals surface area contributed by atoms with Gasteiger partial charge in [0.1, 0.15) is 0 Å². The lowest BCUT2D eigenvalue weighted by atomic mass is 10.1. The first kappa shape index (κ1) is 12.5. The number of aliphatic imine (C=N–C) groups is 1. The van der Waals surface area contributed by atoms with E-state index in [0.29, 0.717) is 0 Å². The fourth-order valence-corrected chi connectivity index (χ4v) is 1.81. The predicted molar refractivity (Wildman–Crippen MR) is 75.6 cm³/mol. The van der Waals surface area contributed by atoms with Crippen molar-refractivity contribution in [2.24, 2.45) is 4.99 Å². The number of rotatable bonds is 1. The highest BCUT2D eigenvalue weighted by molar-refractivity contribution is 14.1. The van der Waals surface area contributed by atoms with Crippen LogP contribution in [0.25, 0.3) is 0 Å². The standard InChI is InChI=1S/C12H17IN2/c1-9(15-12(2,3)4)14-11-8-6-5-7-10(11)13/h5-8H,1-4H3,(H,14,15). The number of benzene rings is 1. The van der Waals surface area contributed by atoms with Gasteiger partial charge in [-0.05, 0) is 62.4 Å². The molecule has 0 heterocycles. The molecule has 0 saturated carbocycles. The number of amidine groups is 1. The fraction of sp³-hybridized carbons (Fsp3) is 0.417. The average Bonchev–Trinajstić information content (AvgIpc) is 2.05. The number of hydrogen-bond donors (Lipinski definition) is 1. The summed E-state index contributed by atoms with van der Waals surface area (Å²) < 4.78 is 1.21. The van der Waals surface area contributed by atoms with E-state index >= 15 is 0 Å². The number of anilines is 1. The largest absolute Gasteiger partial charge is 0.343 e. The second-order valence-electron chi connectivity index (χ2n) is 4.47. The summed E-state index contributed by atoms with van der Waals surface area (Å²) >= 11 is 2.31. The smallest absolute Gasteiger partial charge is 0.0982 e. The van der Waals surface area contributed by atoms with E-state index in [0.717, 1.165) is 11.5 Å². The van der Waals surface area contributed by atoms with Gasteiger partial charge >= 0.3 is 0 Å². The van der Waals surface area contributed by atoms with Crippen molar-refractivity contribution in [2.45, 2.75) is 33.2 Å². The molecule has 1 aromatic carbocycles. The normalized spacial score (nSPS) is 12.7. The molecule has 0 aliphatic carbocycles. The van der Waals surface area contributed by atoms with E-state index in [1.807, 2.05) is 19.1 Å². The van der Waals surface area contributed by atoms with Crippen molar-refractivity contribution in [3.8, 4) is 0 Å². The molecule has 0 spiro atoms. The Bertz CT molecular complexity index is 364. The van der Waals surface area contributed by atoms with Crippen molar-refractivity contribution in [2.75, 3.05) is 5.32 Å². The van der Waals surface area contributed by atoms with Crippen LogP contribution in [-0.2, 0) is 0 Å². The number of nitrogens with zero attached hydrogens (tertiary/aromatic N) is 1. The van der Waals surface area contributed by atoms with Gasteiger partial charge in [0.25, 0.3) is 0 Å². The number of halogens is 1. The summed E-state index contributed by atoms with van der Waals surface area (Å²) in [6.45, 7) is 8.27. The maximum atomic E-state index is 4.55. The van der Waals surface area contributed by atoms with Crippen LogP contribution in [0.4, 0.5) is 5.69 Å². The molecule has 15 heavy (non-hydrogen) atoms. The zero-order valence-electron chi connectivity index (χ0n) is 9.63. The molecule has 3 heteroatoms. The maximum Gasteiger partial charge on any atom is 0.0982 e. The zero-order valence-corrected chi connectivity index (χ0v) is 11.8. The third-order valence-electron chi connectivity index (χ3n) is 1.69. The highest BCUT2D eigenvalue weighted by Crippen LogP contribution is 2.17. The summed E-state index contributed by atoms with van der Waals surface area (Å²) in [5.41, 5.74) is 1.08. The summed E-state index contributed by atoms with van der Waals surface area (Å²) in [6.07, 6.45) is 0. The predicted octanol–water partition coefficient (Wildman–Crippen LogP) is 3.92.